The van der Waals surface area contributed by atoms with Gasteiger partial charge in [0.05, 0.1) is 17.7 Å². The van der Waals surface area contributed by atoms with Crippen molar-refractivity contribution < 1.29 is 5.11 Å². The Morgan fingerprint density at radius 1 is 1.16 bits per heavy atom. The Hall–Kier alpha value is -1.70. The van der Waals surface area contributed by atoms with Gasteiger partial charge in [0.25, 0.3) is 0 Å². The van der Waals surface area contributed by atoms with Crippen LogP contribution in [0.1, 0.15) is 31.2 Å². The number of benzene rings is 1. The summed E-state index contributed by atoms with van der Waals surface area (Å²) in [6.45, 7) is 0.129. The number of nitrogens with zero attached hydrogens (tertiary/aromatic N) is 3. The second-order valence-electron chi connectivity index (χ2n) is 6.40. The van der Waals surface area contributed by atoms with E-state index in [1.807, 2.05) is 18.2 Å². The fraction of sp³-hybridized carbons (Fsp3) is 0.389. The molecule has 1 fully saturated rings. The van der Waals surface area contributed by atoms with Crippen molar-refractivity contribution in [2.45, 2.75) is 42.1 Å². The summed E-state index contributed by atoms with van der Waals surface area (Å²) in [6.07, 6.45) is 4.22. The van der Waals surface area contributed by atoms with Crippen LogP contribution in [0.3, 0.4) is 0 Å². The molecule has 3 aromatic rings. The molecule has 0 spiro atoms. The molecule has 2 aromatic heterocycles. The number of nitrogens with one attached hydrogen (secondary N) is 1. The summed E-state index contributed by atoms with van der Waals surface area (Å²) in [5.74, 6) is 1.63. The molecule has 25 heavy (non-hydrogen) atoms. The maximum absolute atomic E-state index is 9.90. The van der Waals surface area contributed by atoms with E-state index in [2.05, 4.69) is 27.4 Å². The lowest BCUT2D eigenvalue weighted by Crippen LogP contribution is -2.39. The second kappa shape index (κ2) is 7.27. The minimum Gasteiger partial charge on any atom is -0.394 e. The molecule has 2 heterocycles. The fourth-order valence-corrected chi connectivity index (χ4v) is 4.71. The molecule has 0 saturated heterocycles. The maximum Gasteiger partial charge on any atom is 0.191 e. The van der Waals surface area contributed by atoms with Crippen LogP contribution in [0.2, 0.25) is 0 Å². The predicted octanol–water partition coefficient (Wildman–Crippen LogP) is 4.10. The lowest BCUT2D eigenvalue weighted by Gasteiger charge is -2.28. The van der Waals surface area contributed by atoms with Crippen molar-refractivity contribution in [3.8, 4) is 0 Å². The van der Waals surface area contributed by atoms with Crippen LogP contribution in [0.15, 0.2) is 41.0 Å². The highest BCUT2D eigenvalue weighted by Crippen LogP contribution is 2.36. The predicted molar refractivity (Wildman–Crippen MR) is 103 cm³/mol. The van der Waals surface area contributed by atoms with Gasteiger partial charge < -0.3 is 10.4 Å². The Morgan fingerprint density at radius 3 is 2.72 bits per heavy atom. The normalized spacial score (nSPS) is 16.4. The highest BCUT2D eigenvalue weighted by atomic mass is 32.2. The summed E-state index contributed by atoms with van der Waals surface area (Å²) < 4.78 is 0.962. The summed E-state index contributed by atoms with van der Waals surface area (Å²) in [4.78, 5) is 13.7. The van der Waals surface area contributed by atoms with E-state index in [4.69, 9.17) is 4.98 Å². The maximum atomic E-state index is 9.90. The highest BCUT2D eigenvalue weighted by Gasteiger charge is 2.34. The number of hydrogen-bond acceptors (Lipinski definition) is 7. The monoisotopic (exact) mass is 372 g/mol. The van der Waals surface area contributed by atoms with E-state index in [-0.39, 0.29) is 12.1 Å². The number of aliphatic hydroxyl groups is 1. The van der Waals surface area contributed by atoms with Crippen LogP contribution in [0.4, 0.5) is 5.82 Å². The molecular weight excluding hydrogens is 352 g/mol. The van der Waals surface area contributed by atoms with Crippen molar-refractivity contribution in [1.29, 1.82) is 0 Å². The van der Waals surface area contributed by atoms with E-state index in [0.29, 0.717) is 0 Å². The van der Waals surface area contributed by atoms with Crippen molar-refractivity contribution in [3.05, 3.63) is 41.4 Å². The minimum absolute atomic E-state index is 0.129. The molecule has 0 radical (unpaired) electrons. The lowest BCUT2D eigenvalue weighted by atomic mass is 9.99. The van der Waals surface area contributed by atoms with Gasteiger partial charge in [-0.1, -0.05) is 54.9 Å². The molecule has 5 nitrogen and oxygen atoms in total. The van der Waals surface area contributed by atoms with Gasteiger partial charge in [-0.3, -0.25) is 0 Å². The Labute approximate surface area is 154 Å². The molecule has 0 bridgehead atoms. The summed E-state index contributed by atoms with van der Waals surface area (Å²) in [5.41, 5.74) is 3.51. The molecule has 1 aliphatic rings. The van der Waals surface area contributed by atoms with E-state index < -0.39 is 0 Å². The average Bonchev–Trinajstić information content (AvgIpc) is 3.31. The lowest BCUT2D eigenvalue weighted by molar-refractivity contribution is 0.214. The quantitative estimate of drug-likeness (QED) is 0.501. The molecular formula is C18H20N4OS2. The third-order valence-corrected chi connectivity index (χ3v) is 6.37. The van der Waals surface area contributed by atoms with Gasteiger partial charge in [-0.25, -0.2) is 15.0 Å². The summed E-state index contributed by atoms with van der Waals surface area (Å²) in [6, 6.07) is 10.3. The van der Waals surface area contributed by atoms with Crippen molar-refractivity contribution >= 4 is 39.3 Å². The van der Waals surface area contributed by atoms with Gasteiger partial charge in [0.15, 0.2) is 16.6 Å². The number of fused-ring (bicyclic) bond motifs is 1. The van der Waals surface area contributed by atoms with Crippen LogP contribution < -0.4 is 5.32 Å². The zero-order valence-electron chi connectivity index (χ0n) is 13.8. The van der Waals surface area contributed by atoms with Gasteiger partial charge in [-0.15, -0.1) is 11.3 Å². The first-order valence-electron chi connectivity index (χ1n) is 8.45. The molecule has 1 aromatic carbocycles. The molecule has 2 N–H and O–H groups in total. The van der Waals surface area contributed by atoms with Crippen LogP contribution in [0.25, 0.3) is 10.3 Å². The Morgan fingerprint density at radius 2 is 1.96 bits per heavy atom. The SMILES string of the molecule is OCC1(Nc2nc(SCc3ccccc3)nc3ncsc23)CCCC1. The largest absolute Gasteiger partial charge is 0.394 e. The molecule has 4 rings (SSSR count). The van der Waals surface area contributed by atoms with Gasteiger partial charge in [0.1, 0.15) is 4.70 Å². The number of thiazole rings is 1. The third kappa shape index (κ3) is 3.63. The molecule has 0 aliphatic heterocycles. The second-order valence-corrected chi connectivity index (χ2v) is 8.20. The number of hydrogen-bond donors (Lipinski definition) is 2. The van der Waals surface area contributed by atoms with Crippen LogP contribution in [-0.2, 0) is 5.75 Å². The number of aliphatic hydroxyl groups excluding tert-OH is 1. The number of rotatable bonds is 6. The molecule has 1 aliphatic carbocycles. The molecule has 0 unspecified atom stereocenters. The Balaban J connectivity index is 1.60. The molecule has 1 saturated carbocycles. The molecule has 7 heteroatoms. The van der Waals surface area contributed by atoms with Gasteiger partial charge in [-0.2, -0.15) is 0 Å². The Bertz CT molecular complexity index is 847. The number of aromatic nitrogens is 3. The minimum atomic E-state index is -0.257. The van der Waals surface area contributed by atoms with E-state index in [1.165, 1.54) is 5.56 Å². The average molecular weight is 373 g/mol. The third-order valence-electron chi connectivity index (χ3n) is 4.63. The van der Waals surface area contributed by atoms with E-state index in [1.54, 1.807) is 28.6 Å². The standard InChI is InChI=1S/C18H20N4OS2/c23-11-18(8-4-5-9-18)22-16-14-15(19-12-25-14)20-17(21-16)24-10-13-6-2-1-3-7-13/h1-3,6-7,12,23H,4-5,8-11H2,(H,20,21,22). The topological polar surface area (TPSA) is 70.9 Å². The molecule has 0 amide bonds. The van der Waals surface area contributed by atoms with Crippen LogP contribution in [0, 0.1) is 0 Å². The van der Waals surface area contributed by atoms with E-state index in [9.17, 15) is 5.11 Å². The molecule has 130 valence electrons. The molecule has 0 atom stereocenters. The van der Waals surface area contributed by atoms with Crippen molar-refractivity contribution in [3.63, 3.8) is 0 Å². The first kappa shape index (κ1) is 16.8. The summed E-state index contributed by atoms with van der Waals surface area (Å²) >= 11 is 3.15. The van der Waals surface area contributed by atoms with Crippen molar-refractivity contribution in [1.82, 2.24) is 15.0 Å². The van der Waals surface area contributed by atoms with Gasteiger partial charge in [-0.05, 0) is 18.4 Å². The van der Waals surface area contributed by atoms with Gasteiger partial charge in [0, 0.05) is 5.75 Å². The first-order valence-corrected chi connectivity index (χ1v) is 10.3. The first-order chi connectivity index (χ1) is 12.3. The van der Waals surface area contributed by atoms with Crippen LogP contribution >= 0.6 is 23.1 Å². The van der Waals surface area contributed by atoms with E-state index >= 15 is 0 Å². The van der Waals surface area contributed by atoms with E-state index in [0.717, 1.165) is 52.8 Å². The van der Waals surface area contributed by atoms with Gasteiger partial charge in [0.2, 0.25) is 0 Å². The Kier molecular flexibility index (Phi) is 4.87. The fourth-order valence-electron chi connectivity index (χ4n) is 3.24. The van der Waals surface area contributed by atoms with Crippen molar-refractivity contribution in [2.75, 3.05) is 11.9 Å². The number of thioether (sulfide) groups is 1. The number of anilines is 1. The van der Waals surface area contributed by atoms with Crippen LogP contribution in [0.5, 0.6) is 0 Å². The highest BCUT2D eigenvalue weighted by molar-refractivity contribution is 7.98. The zero-order valence-corrected chi connectivity index (χ0v) is 15.4. The van der Waals surface area contributed by atoms with Gasteiger partial charge >= 0.3 is 0 Å². The van der Waals surface area contributed by atoms with Crippen molar-refractivity contribution in [2.24, 2.45) is 0 Å². The summed E-state index contributed by atoms with van der Waals surface area (Å²) in [5, 5.41) is 14.1. The summed E-state index contributed by atoms with van der Waals surface area (Å²) in [7, 11) is 0. The van der Waals surface area contributed by atoms with Crippen LogP contribution in [-0.4, -0.2) is 32.2 Å². The smallest absolute Gasteiger partial charge is 0.191 e. The zero-order chi connectivity index (χ0) is 17.1.